The minimum absolute atomic E-state index is 0.118. The molecule has 7 nitrogen and oxygen atoms in total. The number of sulfonamides is 1. The molecule has 2 aromatic rings. The maximum absolute atomic E-state index is 12.7. The first-order chi connectivity index (χ1) is 13.5. The van der Waals surface area contributed by atoms with Crippen LogP contribution in [0.15, 0.2) is 42.5 Å². The summed E-state index contributed by atoms with van der Waals surface area (Å²) in [4.78, 5) is 24.5. The van der Waals surface area contributed by atoms with E-state index in [1.54, 1.807) is 31.2 Å². The van der Waals surface area contributed by atoms with E-state index in [4.69, 9.17) is 16.3 Å². The number of amides is 1. The van der Waals surface area contributed by atoms with Crippen LogP contribution in [0, 0.1) is 6.92 Å². The van der Waals surface area contributed by atoms with Crippen molar-refractivity contribution in [3.05, 3.63) is 58.6 Å². The van der Waals surface area contributed by atoms with Crippen molar-refractivity contribution in [1.82, 2.24) is 0 Å². The van der Waals surface area contributed by atoms with Gasteiger partial charge in [0.1, 0.15) is 6.04 Å². The van der Waals surface area contributed by atoms with Crippen LogP contribution in [-0.2, 0) is 19.6 Å². The Morgan fingerprint density at radius 1 is 1.17 bits per heavy atom. The lowest BCUT2D eigenvalue weighted by Crippen LogP contribution is -2.45. The first-order valence-corrected chi connectivity index (χ1v) is 11.1. The van der Waals surface area contributed by atoms with Gasteiger partial charge in [-0.25, -0.2) is 13.2 Å². The second kappa shape index (κ2) is 9.28. The molecule has 0 spiro atoms. The lowest BCUT2D eigenvalue weighted by Gasteiger charge is -2.28. The number of rotatable bonds is 7. The summed E-state index contributed by atoms with van der Waals surface area (Å²) in [6.07, 6.45) is 1.04. The molecule has 9 heteroatoms. The number of benzene rings is 2. The third-order valence-electron chi connectivity index (χ3n) is 4.11. The van der Waals surface area contributed by atoms with Crippen molar-refractivity contribution in [3.63, 3.8) is 0 Å². The molecule has 0 aliphatic carbocycles. The summed E-state index contributed by atoms with van der Waals surface area (Å²) < 4.78 is 30.6. The molecule has 0 aliphatic heterocycles. The molecular weight excluding hydrogens is 416 g/mol. The SMILES string of the molecule is CCOC(=O)c1ccc(NC(=O)[C@@H](C)N(c2ccc(C)cc2)S(C)(=O)=O)cc1Cl. The normalized spacial score (nSPS) is 12.2. The number of nitrogens with zero attached hydrogens (tertiary/aromatic N) is 1. The van der Waals surface area contributed by atoms with Crippen molar-refractivity contribution in [3.8, 4) is 0 Å². The Bertz CT molecular complexity index is 1010. The number of hydrogen-bond acceptors (Lipinski definition) is 5. The standard InChI is InChI=1S/C20H23ClN2O5S/c1-5-28-20(25)17-11-8-15(12-18(17)21)22-19(24)14(3)23(29(4,26)27)16-9-6-13(2)7-10-16/h6-12,14H,5H2,1-4H3,(H,22,24)/t14-/m1/s1. The lowest BCUT2D eigenvalue weighted by atomic mass is 10.2. The topological polar surface area (TPSA) is 92.8 Å². The molecular formula is C20H23ClN2O5S. The van der Waals surface area contributed by atoms with E-state index in [9.17, 15) is 18.0 Å². The average Bonchev–Trinajstić information content (AvgIpc) is 2.62. The first kappa shape index (κ1) is 22.7. The summed E-state index contributed by atoms with van der Waals surface area (Å²) in [5.41, 5.74) is 1.86. The third-order valence-corrected chi connectivity index (χ3v) is 5.66. The largest absolute Gasteiger partial charge is 0.462 e. The molecule has 0 aromatic heterocycles. The number of esters is 1. The monoisotopic (exact) mass is 438 g/mol. The molecule has 0 fully saturated rings. The second-order valence-corrected chi connectivity index (χ2v) is 8.74. The Morgan fingerprint density at radius 3 is 2.31 bits per heavy atom. The Kier molecular flexibility index (Phi) is 7.26. The zero-order valence-corrected chi connectivity index (χ0v) is 18.2. The van der Waals surface area contributed by atoms with Crippen LogP contribution in [0.1, 0.15) is 29.8 Å². The molecule has 2 aromatic carbocycles. The van der Waals surface area contributed by atoms with E-state index in [1.807, 2.05) is 6.92 Å². The van der Waals surface area contributed by atoms with Crippen LogP contribution in [0.3, 0.4) is 0 Å². The zero-order valence-electron chi connectivity index (χ0n) is 16.6. The molecule has 0 heterocycles. The van der Waals surface area contributed by atoms with Gasteiger partial charge < -0.3 is 10.1 Å². The summed E-state index contributed by atoms with van der Waals surface area (Å²) >= 11 is 6.11. The van der Waals surface area contributed by atoms with Crippen LogP contribution in [0.2, 0.25) is 5.02 Å². The molecule has 29 heavy (non-hydrogen) atoms. The maximum atomic E-state index is 12.7. The van der Waals surface area contributed by atoms with Crippen molar-refractivity contribution in [1.29, 1.82) is 0 Å². The van der Waals surface area contributed by atoms with Gasteiger partial charge in [-0.15, -0.1) is 0 Å². The van der Waals surface area contributed by atoms with Gasteiger partial charge in [-0.3, -0.25) is 9.10 Å². The predicted molar refractivity (Wildman–Crippen MR) is 114 cm³/mol. The van der Waals surface area contributed by atoms with Crippen LogP contribution >= 0.6 is 11.6 Å². The van der Waals surface area contributed by atoms with Gasteiger partial charge in [-0.1, -0.05) is 29.3 Å². The van der Waals surface area contributed by atoms with Gasteiger partial charge in [-0.2, -0.15) is 0 Å². The highest BCUT2D eigenvalue weighted by atomic mass is 35.5. The van der Waals surface area contributed by atoms with Gasteiger partial charge in [0.25, 0.3) is 0 Å². The smallest absolute Gasteiger partial charge is 0.339 e. The molecule has 1 amide bonds. The van der Waals surface area contributed by atoms with Gasteiger partial charge in [-0.05, 0) is 51.1 Å². The van der Waals surface area contributed by atoms with Crippen molar-refractivity contribution in [2.75, 3.05) is 22.5 Å². The first-order valence-electron chi connectivity index (χ1n) is 8.88. The van der Waals surface area contributed by atoms with Crippen molar-refractivity contribution in [2.24, 2.45) is 0 Å². The van der Waals surface area contributed by atoms with Gasteiger partial charge in [0.2, 0.25) is 15.9 Å². The summed E-state index contributed by atoms with van der Waals surface area (Å²) in [5.74, 6) is -1.11. The fourth-order valence-electron chi connectivity index (χ4n) is 2.71. The number of ether oxygens (including phenoxy) is 1. The highest BCUT2D eigenvalue weighted by molar-refractivity contribution is 7.92. The highest BCUT2D eigenvalue weighted by Crippen LogP contribution is 2.24. The van der Waals surface area contributed by atoms with E-state index in [0.717, 1.165) is 16.1 Å². The van der Waals surface area contributed by atoms with Gasteiger partial charge in [0.05, 0.1) is 29.1 Å². The lowest BCUT2D eigenvalue weighted by molar-refractivity contribution is -0.116. The van der Waals surface area contributed by atoms with Crippen LogP contribution in [0.25, 0.3) is 0 Å². The van der Waals surface area contributed by atoms with Crippen molar-refractivity contribution in [2.45, 2.75) is 26.8 Å². The average molecular weight is 439 g/mol. The number of carbonyl (C=O) groups excluding carboxylic acids is 2. The Labute approximate surface area is 175 Å². The van der Waals surface area contributed by atoms with E-state index in [-0.39, 0.29) is 17.2 Å². The predicted octanol–water partition coefficient (Wildman–Crippen LogP) is 3.62. The summed E-state index contributed by atoms with van der Waals surface area (Å²) in [6, 6.07) is 10.2. The molecule has 0 radical (unpaired) electrons. The Balaban J connectivity index is 2.25. The van der Waals surface area contributed by atoms with Crippen LogP contribution in [0.4, 0.5) is 11.4 Å². The minimum Gasteiger partial charge on any atom is -0.462 e. The molecule has 0 saturated heterocycles. The number of hydrogen-bond donors (Lipinski definition) is 1. The number of carbonyl (C=O) groups is 2. The summed E-state index contributed by atoms with van der Waals surface area (Å²) in [6.45, 7) is 5.27. The number of aryl methyl sites for hydroxylation is 1. The molecule has 2 rings (SSSR count). The van der Waals surface area contributed by atoms with Crippen LogP contribution in [-0.4, -0.2) is 39.2 Å². The summed E-state index contributed by atoms with van der Waals surface area (Å²) in [7, 11) is -3.71. The molecule has 0 aliphatic rings. The molecule has 0 unspecified atom stereocenters. The van der Waals surface area contributed by atoms with E-state index >= 15 is 0 Å². The van der Waals surface area contributed by atoms with Crippen LogP contribution < -0.4 is 9.62 Å². The maximum Gasteiger partial charge on any atom is 0.339 e. The molecule has 0 saturated carbocycles. The fraction of sp³-hybridized carbons (Fsp3) is 0.300. The molecule has 156 valence electrons. The van der Waals surface area contributed by atoms with E-state index < -0.39 is 27.9 Å². The van der Waals surface area contributed by atoms with Crippen LogP contribution in [0.5, 0.6) is 0 Å². The molecule has 1 N–H and O–H groups in total. The zero-order chi connectivity index (χ0) is 21.8. The van der Waals surface area contributed by atoms with Gasteiger partial charge >= 0.3 is 5.97 Å². The minimum atomic E-state index is -3.71. The Hall–Kier alpha value is -2.58. The van der Waals surface area contributed by atoms with Crippen molar-refractivity contribution >= 4 is 44.9 Å². The number of halogens is 1. The third kappa shape index (κ3) is 5.71. The second-order valence-electron chi connectivity index (χ2n) is 6.47. The fourth-order valence-corrected chi connectivity index (χ4v) is 4.15. The van der Waals surface area contributed by atoms with Gasteiger partial charge in [0, 0.05) is 5.69 Å². The Morgan fingerprint density at radius 2 is 1.79 bits per heavy atom. The molecule has 0 bridgehead atoms. The van der Waals surface area contributed by atoms with E-state index in [2.05, 4.69) is 5.32 Å². The summed E-state index contributed by atoms with van der Waals surface area (Å²) in [5, 5.41) is 2.75. The highest BCUT2D eigenvalue weighted by Gasteiger charge is 2.29. The van der Waals surface area contributed by atoms with E-state index in [0.29, 0.717) is 11.4 Å². The number of nitrogens with one attached hydrogen (secondary N) is 1. The number of anilines is 2. The van der Waals surface area contributed by atoms with Gasteiger partial charge in [0.15, 0.2) is 0 Å². The quantitative estimate of drug-likeness (QED) is 0.666. The van der Waals surface area contributed by atoms with E-state index in [1.165, 1.54) is 25.1 Å². The van der Waals surface area contributed by atoms with Crippen molar-refractivity contribution < 1.29 is 22.7 Å². The molecule has 1 atom stereocenters.